The summed E-state index contributed by atoms with van der Waals surface area (Å²) in [5, 5.41) is 13.8. The number of phenolic OH excluding ortho intramolecular Hbond substituents is 1. The van der Waals surface area contributed by atoms with Crippen molar-refractivity contribution in [2.45, 2.75) is 26.3 Å². The van der Waals surface area contributed by atoms with Gasteiger partial charge in [0.2, 0.25) is 0 Å². The van der Waals surface area contributed by atoms with Crippen molar-refractivity contribution in [1.82, 2.24) is 10.2 Å². The predicted molar refractivity (Wildman–Crippen MR) is 105 cm³/mol. The van der Waals surface area contributed by atoms with Crippen LogP contribution in [0.15, 0.2) is 21.1 Å². The third-order valence-electron chi connectivity index (χ3n) is 3.69. The van der Waals surface area contributed by atoms with E-state index >= 15 is 0 Å². The van der Waals surface area contributed by atoms with Gasteiger partial charge in [-0.2, -0.15) is 0 Å². The van der Waals surface area contributed by atoms with Crippen LogP contribution in [0.5, 0.6) is 5.75 Å². The number of rotatable bonds is 4. The van der Waals surface area contributed by atoms with Gasteiger partial charge < -0.3 is 10.4 Å². The van der Waals surface area contributed by atoms with Gasteiger partial charge in [0.05, 0.1) is 0 Å². The first-order chi connectivity index (χ1) is 9.49. The molecular formula is C15H24Br2Cl2N2O. The Morgan fingerprint density at radius 1 is 1.18 bits per heavy atom. The summed E-state index contributed by atoms with van der Waals surface area (Å²) in [6.45, 7) is 8.56. The van der Waals surface area contributed by atoms with Gasteiger partial charge in [0, 0.05) is 46.7 Å². The van der Waals surface area contributed by atoms with Crippen LogP contribution < -0.4 is 5.32 Å². The van der Waals surface area contributed by atoms with Crippen LogP contribution in [0, 0.1) is 5.92 Å². The van der Waals surface area contributed by atoms with E-state index in [9.17, 15) is 5.11 Å². The maximum atomic E-state index is 10.4. The van der Waals surface area contributed by atoms with Crippen molar-refractivity contribution in [3.05, 3.63) is 26.6 Å². The van der Waals surface area contributed by atoms with Crippen LogP contribution in [0.1, 0.15) is 31.9 Å². The molecule has 0 radical (unpaired) electrons. The minimum absolute atomic E-state index is 0. The highest BCUT2D eigenvalue weighted by atomic mass is 79.9. The van der Waals surface area contributed by atoms with Crippen molar-refractivity contribution in [2.75, 3.05) is 26.2 Å². The molecule has 1 heterocycles. The molecule has 1 saturated heterocycles. The largest absolute Gasteiger partial charge is 0.508 e. The van der Waals surface area contributed by atoms with Gasteiger partial charge in [-0.25, -0.2) is 0 Å². The summed E-state index contributed by atoms with van der Waals surface area (Å²) in [4.78, 5) is 2.48. The van der Waals surface area contributed by atoms with Gasteiger partial charge in [-0.05, 0) is 24.5 Å². The number of piperazine rings is 1. The molecule has 0 bridgehead atoms. The molecule has 1 aromatic carbocycles. The van der Waals surface area contributed by atoms with Crippen molar-refractivity contribution < 1.29 is 5.11 Å². The predicted octanol–water partition coefficient (Wildman–Crippen LogP) is 4.75. The van der Waals surface area contributed by atoms with E-state index in [1.54, 1.807) is 6.07 Å². The maximum absolute atomic E-state index is 10.4. The third-order valence-corrected chi connectivity index (χ3v) is 4.81. The zero-order chi connectivity index (χ0) is 14.7. The van der Waals surface area contributed by atoms with E-state index in [1.807, 2.05) is 6.07 Å². The van der Waals surface area contributed by atoms with Crippen LogP contribution in [-0.2, 0) is 0 Å². The Hall–Kier alpha value is 0.480. The molecule has 0 unspecified atom stereocenters. The molecule has 2 N–H and O–H groups in total. The van der Waals surface area contributed by atoms with E-state index in [4.69, 9.17) is 0 Å². The summed E-state index contributed by atoms with van der Waals surface area (Å²) in [5.74, 6) is 0.959. The number of nitrogens with one attached hydrogen (secondary N) is 1. The number of hydrogen-bond donors (Lipinski definition) is 2. The molecule has 128 valence electrons. The third kappa shape index (κ3) is 5.84. The normalized spacial score (nSPS) is 16.8. The zero-order valence-electron chi connectivity index (χ0n) is 12.8. The smallest absolute Gasteiger partial charge is 0.122 e. The van der Waals surface area contributed by atoms with E-state index in [-0.39, 0.29) is 30.9 Å². The molecule has 3 nitrogen and oxygen atoms in total. The Balaban J connectivity index is 0.00000220. The molecule has 1 aromatic rings. The van der Waals surface area contributed by atoms with Crippen LogP contribution in [-0.4, -0.2) is 36.2 Å². The zero-order valence-corrected chi connectivity index (χ0v) is 17.6. The first-order valence-corrected chi connectivity index (χ1v) is 8.70. The lowest BCUT2D eigenvalue weighted by Crippen LogP contribution is -2.45. The average molecular weight is 479 g/mol. The fourth-order valence-electron chi connectivity index (χ4n) is 2.79. The van der Waals surface area contributed by atoms with Crippen LogP contribution in [0.25, 0.3) is 0 Å². The van der Waals surface area contributed by atoms with E-state index in [2.05, 4.69) is 55.9 Å². The summed E-state index contributed by atoms with van der Waals surface area (Å²) >= 11 is 7.05. The molecule has 2 rings (SSSR count). The van der Waals surface area contributed by atoms with Gasteiger partial charge in [-0.3, -0.25) is 4.90 Å². The molecule has 0 spiro atoms. The second-order valence-electron chi connectivity index (χ2n) is 5.75. The van der Waals surface area contributed by atoms with Crippen molar-refractivity contribution in [1.29, 1.82) is 0 Å². The molecule has 1 fully saturated rings. The number of hydrogen-bond acceptors (Lipinski definition) is 3. The Morgan fingerprint density at radius 3 is 2.27 bits per heavy atom. The van der Waals surface area contributed by atoms with Gasteiger partial charge in [0.15, 0.2) is 0 Å². The highest BCUT2D eigenvalue weighted by molar-refractivity contribution is 9.11. The van der Waals surface area contributed by atoms with Crippen molar-refractivity contribution in [3.8, 4) is 5.75 Å². The molecule has 1 aliphatic rings. The lowest BCUT2D eigenvalue weighted by Gasteiger charge is -2.37. The molecule has 22 heavy (non-hydrogen) atoms. The van der Waals surface area contributed by atoms with Crippen LogP contribution in [0.2, 0.25) is 0 Å². The minimum Gasteiger partial charge on any atom is -0.508 e. The minimum atomic E-state index is 0. The fourth-order valence-corrected chi connectivity index (χ4v) is 4.26. The summed E-state index contributed by atoms with van der Waals surface area (Å²) < 4.78 is 1.88. The summed E-state index contributed by atoms with van der Waals surface area (Å²) in [5.41, 5.74) is 1.02. The second kappa shape index (κ2) is 10.4. The second-order valence-corrected chi connectivity index (χ2v) is 7.52. The molecule has 1 aliphatic heterocycles. The van der Waals surface area contributed by atoms with Gasteiger partial charge in [-0.1, -0.05) is 45.7 Å². The maximum Gasteiger partial charge on any atom is 0.122 e. The Bertz CT molecular complexity index is 446. The van der Waals surface area contributed by atoms with Crippen LogP contribution in [0.4, 0.5) is 0 Å². The number of benzene rings is 1. The van der Waals surface area contributed by atoms with Crippen molar-refractivity contribution >= 4 is 56.7 Å². The van der Waals surface area contributed by atoms with Crippen LogP contribution >= 0.6 is 56.7 Å². The van der Waals surface area contributed by atoms with E-state index < -0.39 is 0 Å². The Labute approximate surface area is 162 Å². The molecule has 0 saturated carbocycles. The number of nitrogens with zero attached hydrogens (tertiary/aromatic N) is 1. The summed E-state index contributed by atoms with van der Waals surface area (Å²) in [6.07, 6.45) is 1.05. The topological polar surface area (TPSA) is 35.5 Å². The van der Waals surface area contributed by atoms with Crippen molar-refractivity contribution in [3.63, 3.8) is 0 Å². The first-order valence-electron chi connectivity index (χ1n) is 7.11. The monoisotopic (exact) mass is 476 g/mol. The Morgan fingerprint density at radius 2 is 1.77 bits per heavy atom. The van der Waals surface area contributed by atoms with Crippen LogP contribution in [0.3, 0.4) is 0 Å². The molecule has 7 heteroatoms. The van der Waals surface area contributed by atoms with Gasteiger partial charge in [0.1, 0.15) is 5.75 Å². The number of phenols is 1. The first kappa shape index (κ1) is 22.5. The highest BCUT2D eigenvalue weighted by Gasteiger charge is 2.27. The van der Waals surface area contributed by atoms with E-state index in [1.165, 1.54) is 0 Å². The van der Waals surface area contributed by atoms with Gasteiger partial charge in [0.25, 0.3) is 0 Å². The quantitative estimate of drug-likeness (QED) is 0.655. The summed E-state index contributed by atoms with van der Waals surface area (Å²) in [7, 11) is 0. The standard InChI is InChI=1S/C15H22Br2N2O.2ClH/c1-10(2)7-13(19-5-3-18-4-6-19)15-12(17)8-11(16)9-14(15)20;;/h8-10,13,18,20H,3-7H2,1-2H3;2*1H/t13-;;/m0../s1. The SMILES string of the molecule is CC(C)C[C@@H](c1c(O)cc(Br)cc1Br)N1CCNCC1.Cl.Cl. The fraction of sp³-hybridized carbons (Fsp3) is 0.600. The lowest BCUT2D eigenvalue weighted by atomic mass is 9.94. The molecule has 0 aromatic heterocycles. The van der Waals surface area contributed by atoms with Gasteiger partial charge in [-0.15, -0.1) is 24.8 Å². The Kier molecular flexibility index (Phi) is 10.6. The van der Waals surface area contributed by atoms with Crippen molar-refractivity contribution in [2.24, 2.45) is 5.92 Å². The molecule has 0 amide bonds. The van der Waals surface area contributed by atoms with Gasteiger partial charge >= 0.3 is 0 Å². The van der Waals surface area contributed by atoms with E-state index in [0.717, 1.165) is 47.1 Å². The number of aromatic hydroxyl groups is 1. The molecule has 1 atom stereocenters. The lowest BCUT2D eigenvalue weighted by molar-refractivity contribution is 0.151. The average Bonchev–Trinajstić information content (AvgIpc) is 2.37. The number of halogens is 4. The van der Waals surface area contributed by atoms with E-state index in [0.29, 0.717) is 11.7 Å². The molecule has 0 aliphatic carbocycles. The highest BCUT2D eigenvalue weighted by Crippen LogP contribution is 2.40. The summed E-state index contributed by atoms with van der Waals surface area (Å²) in [6, 6.07) is 4.07. The molecular weight excluding hydrogens is 455 g/mol.